The summed E-state index contributed by atoms with van der Waals surface area (Å²) in [6.07, 6.45) is 1.09. The van der Waals surface area contributed by atoms with Gasteiger partial charge in [0.05, 0.1) is 11.8 Å². The van der Waals surface area contributed by atoms with Crippen LogP contribution in [0.4, 0.5) is 0 Å². The Labute approximate surface area is 61.6 Å². The lowest BCUT2D eigenvalue weighted by Crippen LogP contribution is -2.12. The highest BCUT2D eigenvalue weighted by Crippen LogP contribution is 2.06. The second kappa shape index (κ2) is 2.53. The fraction of sp³-hybridized carbons (Fsp3) is 0.167. The van der Waals surface area contributed by atoms with Gasteiger partial charge in [-0.2, -0.15) is 0 Å². The van der Waals surface area contributed by atoms with Crippen LogP contribution in [0.15, 0.2) is 10.7 Å². The molecule has 0 atom stereocenters. The van der Waals surface area contributed by atoms with Crippen molar-refractivity contribution in [3.63, 3.8) is 0 Å². The Morgan fingerprint density at radius 1 is 1.64 bits per heavy atom. The monoisotopic (exact) mass is 155 g/mol. The lowest BCUT2D eigenvalue weighted by molar-refractivity contribution is -0.131. The van der Waals surface area contributed by atoms with E-state index in [9.17, 15) is 9.59 Å². The van der Waals surface area contributed by atoms with Crippen molar-refractivity contribution in [2.45, 2.75) is 6.92 Å². The highest BCUT2D eigenvalue weighted by molar-refractivity contribution is 6.40. The fourth-order valence-electron chi connectivity index (χ4n) is 0.632. The van der Waals surface area contributed by atoms with Crippen LogP contribution >= 0.6 is 0 Å². The summed E-state index contributed by atoms with van der Waals surface area (Å²) in [5.41, 5.74) is -0.00231. The maximum absolute atomic E-state index is 10.7. The van der Waals surface area contributed by atoms with E-state index in [1.165, 1.54) is 6.92 Å². The van der Waals surface area contributed by atoms with Gasteiger partial charge in [-0.05, 0) is 6.92 Å². The summed E-state index contributed by atoms with van der Waals surface area (Å²) in [7, 11) is 0. The Balaban J connectivity index is 3.02. The van der Waals surface area contributed by atoms with Crippen LogP contribution in [0.5, 0.6) is 0 Å². The minimum atomic E-state index is -1.50. The first-order chi connectivity index (χ1) is 5.13. The third-order valence-corrected chi connectivity index (χ3v) is 1.19. The zero-order valence-corrected chi connectivity index (χ0v) is 5.70. The maximum Gasteiger partial charge on any atom is 0.377 e. The molecule has 1 N–H and O–H groups in total. The van der Waals surface area contributed by atoms with E-state index in [0.717, 1.165) is 6.20 Å². The first-order valence-corrected chi connectivity index (χ1v) is 2.82. The number of rotatable bonds is 2. The normalized spacial score (nSPS) is 9.55. The Kier molecular flexibility index (Phi) is 1.72. The van der Waals surface area contributed by atoms with E-state index in [1.807, 2.05) is 0 Å². The second-order valence-electron chi connectivity index (χ2n) is 1.93. The Morgan fingerprint density at radius 2 is 2.27 bits per heavy atom. The van der Waals surface area contributed by atoms with Crippen molar-refractivity contribution in [3.8, 4) is 0 Å². The standard InChI is InChI=1S/C6H5NO4/c1-3-4(2-7-11-3)5(8)6(9)10/h2H,1H3,(H,9,10). The molecular formula is C6H5NO4. The number of hydrogen-bond donors (Lipinski definition) is 1. The van der Waals surface area contributed by atoms with Crippen LogP contribution in [-0.4, -0.2) is 22.0 Å². The number of carbonyl (C=O) groups is 2. The number of aromatic nitrogens is 1. The van der Waals surface area contributed by atoms with E-state index in [0.29, 0.717) is 0 Å². The van der Waals surface area contributed by atoms with Crippen molar-refractivity contribution < 1.29 is 19.2 Å². The Bertz CT molecular complexity index is 301. The highest BCUT2D eigenvalue weighted by Gasteiger charge is 2.19. The molecule has 0 spiro atoms. The summed E-state index contributed by atoms with van der Waals surface area (Å²) in [6.45, 7) is 1.48. The molecule has 1 aromatic heterocycles. The highest BCUT2D eigenvalue weighted by atomic mass is 16.5. The van der Waals surface area contributed by atoms with Crippen LogP contribution in [0.25, 0.3) is 0 Å². The summed E-state index contributed by atoms with van der Waals surface area (Å²) in [5.74, 6) is -2.28. The molecular weight excluding hydrogens is 150 g/mol. The fourth-order valence-corrected chi connectivity index (χ4v) is 0.632. The van der Waals surface area contributed by atoms with Gasteiger partial charge in [0.2, 0.25) is 0 Å². The average Bonchev–Trinajstić information content (AvgIpc) is 2.33. The number of carbonyl (C=O) groups excluding carboxylic acids is 1. The van der Waals surface area contributed by atoms with Crippen LogP contribution in [0.2, 0.25) is 0 Å². The minimum absolute atomic E-state index is 0.00231. The smallest absolute Gasteiger partial charge is 0.377 e. The van der Waals surface area contributed by atoms with Crippen molar-refractivity contribution in [1.82, 2.24) is 5.16 Å². The van der Waals surface area contributed by atoms with Gasteiger partial charge < -0.3 is 9.63 Å². The molecule has 1 aromatic rings. The average molecular weight is 155 g/mol. The topological polar surface area (TPSA) is 80.4 Å². The molecule has 0 bridgehead atoms. The number of nitrogens with zero attached hydrogens (tertiary/aromatic N) is 1. The van der Waals surface area contributed by atoms with Gasteiger partial charge in [0.1, 0.15) is 5.76 Å². The summed E-state index contributed by atoms with van der Waals surface area (Å²) < 4.78 is 4.50. The number of carboxylic acids is 1. The number of ketones is 1. The molecule has 0 aliphatic rings. The zero-order valence-electron chi connectivity index (χ0n) is 5.70. The van der Waals surface area contributed by atoms with E-state index in [1.54, 1.807) is 0 Å². The van der Waals surface area contributed by atoms with Crippen molar-refractivity contribution >= 4 is 11.8 Å². The lowest BCUT2D eigenvalue weighted by atomic mass is 10.2. The predicted molar refractivity (Wildman–Crippen MR) is 33.2 cm³/mol. The van der Waals surface area contributed by atoms with Gasteiger partial charge in [-0.15, -0.1) is 0 Å². The van der Waals surface area contributed by atoms with Gasteiger partial charge >= 0.3 is 5.97 Å². The number of aryl methyl sites for hydroxylation is 1. The van der Waals surface area contributed by atoms with Crippen LogP contribution in [-0.2, 0) is 4.79 Å². The van der Waals surface area contributed by atoms with Crippen molar-refractivity contribution in [2.75, 3.05) is 0 Å². The lowest BCUT2D eigenvalue weighted by Gasteiger charge is -1.87. The SMILES string of the molecule is Cc1oncc1C(=O)C(=O)O. The van der Waals surface area contributed by atoms with E-state index in [4.69, 9.17) is 5.11 Å². The molecule has 0 radical (unpaired) electrons. The Morgan fingerprint density at radius 3 is 2.64 bits per heavy atom. The number of Topliss-reactive ketones (excluding diaryl/α,β-unsaturated/α-hetero) is 1. The zero-order chi connectivity index (χ0) is 8.43. The molecule has 5 heteroatoms. The van der Waals surface area contributed by atoms with Gasteiger partial charge in [0, 0.05) is 0 Å². The molecule has 58 valence electrons. The van der Waals surface area contributed by atoms with Crippen LogP contribution in [0.1, 0.15) is 16.1 Å². The third kappa shape index (κ3) is 1.26. The molecule has 0 aliphatic carbocycles. The van der Waals surface area contributed by atoms with Crippen molar-refractivity contribution in [3.05, 3.63) is 17.5 Å². The number of carboxylic acid groups (broad SMARTS) is 1. The maximum atomic E-state index is 10.7. The number of aliphatic carboxylic acids is 1. The molecule has 0 amide bonds. The van der Waals surface area contributed by atoms with Crippen LogP contribution in [0.3, 0.4) is 0 Å². The molecule has 0 aromatic carbocycles. The molecule has 1 heterocycles. The predicted octanol–water partition coefficient (Wildman–Crippen LogP) is 0.250. The van der Waals surface area contributed by atoms with Crippen LogP contribution < -0.4 is 0 Å². The van der Waals surface area contributed by atoms with Crippen molar-refractivity contribution in [2.24, 2.45) is 0 Å². The van der Waals surface area contributed by atoms with E-state index < -0.39 is 11.8 Å². The minimum Gasteiger partial charge on any atom is -0.475 e. The molecule has 1 rings (SSSR count). The van der Waals surface area contributed by atoms with Gasteiger partial charge in [0.15, 0.2) is 0 Å². The summed E-state index contributed by atoms with van der Waals surface area (Å²) >= 11 is 0. The largest absolute Gasteiger partial charge is 0.475 e. The molecule has 0 aliphatic heterocycles. The van der Waals surface area contributed by atoms with Gasteiger partial charge in [0.25, 0.3) is 5.78 Å². The van der Waals surface area contributed by atoms with E-state index in [-0.39, 0.29) is 11.3 Å². The van der Waals surface area contributed by atoms with Gasteiger partial charge in [-0.25, -0.2) is 4.79 Å². The molecule has 5 nitrogen and oxygen atoms in total. The first kappa shape index (κ1) is 7.46. The summed E-state index contributed by atoms with van der Waals surface area (Å²) in [4.78, 5) is 20.9. The molecule has 11 heavy (non-hydrogen) atoms. The first-order valence-electron chi connectivity index (χ1n) is 2.82. The summed E-state index contributed by atoms with van der Waals surface area (Å²) in [5, 5.41) is 11.5. The van der Waals surface area contributed by atoms with E-state index >= 15 is 0 Å². The second-order valence-corrected chi connectivity index (χ2v) is 1.93. The molecule has 0 fully saturated rings. The summed E-state index contributed by atoms with van der Waals surface area (Å²) in [6, 6.07) is 0. The van der Waals surface area contributed by atoms with Crippen LogP contribution in [0, 0.1) is 6.92 Å². The third-order valence-electron chi connectivity index (χ3n) is 1.19. The Hall–Kier alpha value is -1.65. The van der Waals surface area contributed by atoms with E-state index in [2.05, 4.69) is 9.68 Å². The molecule has 0 saturated carbocycles. The van der Waals surface area contributed by atoms with Crippen molar-refractivity contribution in [1.29, 1.82) is 0 Å². The number of hydrogen-bond acceptors (Lipinski definition) is 4. The van der Waals surface area contributed by atoms with Gasteiger partial charge in [-0.3, -0.25) is 4.79 Å². The quantitative estimate of drug-likeness (QED) is 0.489. The van der Waals surface area contributed by atoms with Gasteiger partial charge in [-0.1, -0.05) is 5.16 Å². The molecule has 0 unspecified atom stereocenters. The molecule has 0 saturated heterocycles.